The SMILES string of the molecule is [C-]#[N+]c1ccc(-n2c3ccccc3c3c4oc5c(ccc6c5c5ccccc5n6-c5ccccc5)c4ccc32)cc1C#N. The average molecular weight is 549 g/mol. The van der Waals surface area contributed by atoms with Crippen LogP contribution in [0.25, 0.3) is 81.8 Å². The number of para-hydroxylation sites is 3. The average Bonchev–Trinajstić information content (AvgIpc) is 3.72. The van der Waals surface area contributed by atoms with Crippen LogP contribution in [0.4, 0.5) is 5.69 Å². The highest BCUT2D eigenvalue weighted by Crippen LogP contribution is 2.44. The van der Waals surface area contributed by atoms with Crippen LogP contribution in [0.5, 0.6) is 0 Å². The molecule has 0 fully saturated rings. The molecule has 5 nitrogen and oxygen atoms in total. The van der Waals surface area contributed by atoms with E-state index < -0.39 is 0 Å². The predicted octanol–water partition coefficient (Wildman–Crippen LogP) is 10.2. The molecule has 0 amide bonds. The number of rotatable bonds is 2. The number of hydrogen-bond acceptors (Lipinski definition) is 2. The van der Waals surface area contributed by atoms with Crippen molar-refractivity contribution >= 4 is 71.2 Å². The Morgan fingerprint density at radius 2 is 1.12 bits per heavy atom. The quantitative estimate of drug-likeness (QED) is 0.202. The Morgan fingerprint density at radius 3 is 1.70 bits per heavy atom. The van der Waals surface area contributed by atoms with E-state index in [0.717, 1.165) is 76.9 Å². The van der Waals surface area contributed by atoms with Crippen LogP contribution in [0, 0.1) is 17.9 Å². The maximum Gasteiger partial charge on any atom is 0.204 e. The molecule has 0 spiro atoms. The highest BCUT2D eigenvalue weighted by Gasteiger charge is 2.22. The van der Waals surface area contributed by atoms with Gasteiger partial charge >= 0.3 is 0 Å². The zero-order valence-electron chi connectivity index (χ0n) is 22.7. The molecule has 0 atom stereocenters. The number of furan rings is 1. The fourth-order valence-corrected chi connectivity index (χ4v) is 6.78. The molecule has 198 valence electrons. The lowest BCUT2D eigenvalue weighted by molar-refractivity contribution is 0.677. The molecule has 3 aromatic heterocycles. The van der Waals surface area contributed by atoms with Crippen LogP contribution in [-0.4, -0.2) is 9.13 Å². The first-order valence-corrected chi connectivity index (χ1v) is 14.0. The van der Waals surface area contributed by atoms with Gasteiger partial charge in [-0.2, -0.15) is 5.26 Å². The minimum atomic E-state index is 0.352. The van der Waals surface area contributed by atoms with Crippen molar-refractivity contribution in [2.24, 2.45) is 0 Å². The van der Waals surface area contributed by atoms with Gasteiger partial charge in [-0.25, -0.2) is 4.85 Å². The third-order valence-electron chi connectivity index (χ3n) is 8.57. The van der Waals surface area contributed by atoms with Gasteiger partial charge in [0, 0.05) is 32.9 Å². The number of aromatic nitrogens is 2. The molecule has 0 aliphatic heterocycles. The van der Waals surface area contributed by atoms with E-state index in [4.69, 9.17) is 11.0 Å². The Kier molecular flexibility index (Phi) is 4.68. The van der Waals surface area contributed by atoms with Gasteiger partial charge in [0.25, 0.3) is 0 Å². The number of hydrogen-bond donors (Lipinski definition) is 0. The van der Waals surface area contributed by atoms with E-state index in [-0.39, 0.29) is 0 Å². The van der Waals surface area contributed by atoms with Crippen molar-refractivity contribution in [3.05, 3.63) is 138 Å². The zero-order chi connectivity index (χ0) is 28.7. The lowest BCUT2D eigenvalue weighted by atomic mass is 10.1. The monoisotopic (exact) mass is 548 g/mol. The second kappa shape index (κ2) is 8.60. The molecule has 3 heterocycles. The van der Waals surface area contributed by atoms with Crippen molar-refractivity contribution < 1.29 is 4.42 Å². The summed E-state index contributed by atoms with van der Waals surface area (Å²) in [5, 5.41) is 16.2. The van der Waals surface area contributed by atoms with Crippen LogP contribution in [-0.2, 0) is 0 Å². The Morgan fingerprint density at radius 1 is 0.558 bits per heavy atom. The normalized spacial score (nSPS) is 11.7. The van der Waals surface area contributed by atoms with Crippen LogP contribution in [0.3, 0.4) is 0 Å². The van der Waals surface area contributed by atoms with Gasteiger partial charge in [-0.05, 0) is 60.7 Å². The van der Waals surface area contributed by atoms with Gasteiger partial charge in [-0.3, -0.25) is 0 Å². The zero-order valence-corrected chi connectivity index (χ0v) is 22.7. The minimum Gasteiger partial charge on any atom is -0.455 e. The van der Waals surface area contributed by atoms with E-state index in [0.29, 0.717) is 11.3 Å². The van der Waals surface area contributed by atoms with Crippen molar-refractivity contribution in [1.82, 2.24) is 9.13 Å². The van der Waals surface area contributed by atoms with Crippen molar-refractivity contribution in [2.45, 2.75) is 0 Å². The summed E-state index contributed by atoms with van der Waals surface area (Å²) in [6.07, 6.45) is 0. The fourth-order valence-electron chi connectivity index (χ4n) is 6.78. The molecule has 5 heteroatoms. The summed E-state index contributed by atoms with van der Waals surface area (Å²) in [5.74, 6) is 0. The van der Waals surface area contributed by atoms with Gasteiger partial charge < -0.3 is 13.6 Å². The number of nitrogens with zero attached hydrogens (tertiary/aromatic N) is 4. The number of benzene rings is 6. The van der Waals surface area contributed by atoms with Crippen molar-refractivity contribution in [3.8, 4) is 17.4 Å². The predicted molar refractivity (Wildman–Crippen MR) is 173 cm³/mol. The Labute approximate surface area is 245 Å². The summed E-state index contributed by atoms with van der Waals surface area (Å²) in [4.78, 5) is 3.52. The molecular formula is C38H20N4O. The molecule has 0 aliphatic carbocycles. The molecule has 0 unspecified atom stereocenters. The maximum atomic E-state index is 9.74. The molecule has 43 heavy (non-hydrogen) atoms. The summed E-state index contributed by atoms with van der Waals surface area (Å²) < 4.78 is 11.4. The highest BCUT2D eigenvalue weighted by molar-refractivity contribution is 6.28. The molecule has 0 bridgehead atoms. The smallest absolute Gasteiger partial charge is 0.204 e. The van der Waals surface area contributed by atoms with E-state index in [1.165, 1.54) is 0 Å². The summed E-state index contributed by atoms with van der Waals surface area (Å²) in [7, 11) is 0. The van der Waals surface area contributed by atoms with Crippen LogP contribution in [0.2, 0.25) is 0 Å². The van der Waals surface area contributed by atoms with Gasteiger partial charge in [0.05, 0.1) is 51.0 Å². The minimum absolute atomic E-state index is 0.352. The lowest BCUT2D eigenvalue weighted by Gasteiger charge is -2.09. The first-order chi connectivity index (χ1) is 21.3. The summed E-state index contributed by atoms with van der Waals surface area (Å²) in [6, 6.07) is 43.5. The van der Waals surface area contributed by atoms with E-state index in [1.54, 1.807) is 12.1 Å². The fraction of sp³-hybridized carbons (Fsp3) is 0. The highest BCUT2D eigenvalue weighted by atomic mass is 16.3. The molecule has 0 N–H and O–H groups in total. The Bertz CT molecular complexity index is 2690. The number of nitriles is 1. The molecule has 0 saturated carbocycles. The molecule has 0 aliphatic rings. The summed E-state index contributed by atoms with van der Waals surface area (Å²) >= 11 is 0. The molecule has 6 aromatic carbocycles. The van der Waals surface area contributed by atoms with Crippen molar-refractivity contribution in [1.29, 1.82) is 5.26 Å². The standard InChI is InChI=1S/C38H20N4O/c1-40-30-18-15-25(21-23(30)22-39)42-32-14-8-6-12-29(32)36-34(42)20-17-27-26-16-19-33-35(37(26)43-38(27)36)28-11-5-7-13-31(28)41(33)24-9-3-2-4-10-24/h2-21H. The number of fused-ring (bicyclic) bond motifs is 11. The molecule has 9 rings (SSSR count). The van der Waals surface area contributed by atoms with Crippen molar-refractivity contribution in [2.75, 3.05) is 0 Å². The molecule has 9 aromatic rings. The third-order valence-corrected chi connectivity index (χ3v) is 8.57. The van der Waals surface area contributed by atoms with Crippen LogP contribution in [0.15, 0.2) is 126 Å². The maximum absolute atomic E-state index is 9.74. The third kappa shape index (κ3) is 3.08. The van der Waals surface area contributed by atoms with Gasteiger partial charge in [-0.15, -0.1) is 0 Å². The van der Waals surface area contributed by atoms with E-state index in [1.807, 2.05) is 24.3 Å². The molecule has 0 saturated heterocycles. The Balaban J connectivity index is 1.42. The Hall–Kier alpha value is -6.30. The lowest BCUT2D eigenvalue weighted by Crippen LogP contribution is -1.94. The molecule has 0 radical (unpaired) electrons. The van der Waals surface area contributed by atoms with Crippen LogP contribution < -0.4 is 0 Å². The second-order valence-corrected chi connectivity index (χ2v) is 10.7. The molecular weight excluding hydrogens is 528 g/mol. The summed E-state index contributed by atoms with van der Waals surface area (Å²) in [5.41, 5.74) is 8.59. The van der Waals surface area contributed by atoms with E-state index in [9.17, 15) is 5.26 Å². The van der Waals surface area contributed by atoms with Gasteiger partial charge in [0.1, 0.15) is 11.2 Å². The van der Waals surface area contributed by atoms with E-state index in [2.05, 4.69) is 105 Å². The van der Waals surface area contributed by atoms with Crippen LogP contribution >= 0.6 is 0 Å². The largest absolute Gasteiger partial charge is 0.455 e. The van der Waals surface area contributed by atoms with E-state index >= 15 is 0 Å². The first kappa shape index (κ1) is 23.4. The first-order valence-electron chi connectivity index (χ1n) is 14.0. The van der Waals surface area contributed by atoms with Gasteiger partial charge in [0.15, 0.2) is 0 Å². The topological polar surface area (TPSA) is 51.1 Å². The van der Waals surface area contributed by atoms with Gasteiger partial charge in [0.2, 0.25) is 5.69 Å². The van der Waals surface area contributed by atoms with Gasteiger partial charge in [-0.1, -0.05) is 60.7 Å². The summed E-state index contributed by atoms with van der Waals surface area (Å²) in [6.45, 7) is 7.45. The van der Waals surface area contributed by atoms with Crippen molar-refractivity contribution in [3.63, 3.8) is 0 Å². The second-order valence-electron chi connectivity index (χ2n) is 10.7. The van der Waals surface area contributed by atoms with Crippen LogP contribution in [0.1, 0.15) is 5.56 Å².